The molecule has 0 saturated heterocycles. The zero-order chi connectivity index (χ0) is 43.6. The van der Waals surface area contributed by atoms with Crippen LogP contribution in [0.1, 0.15) is 56.0 Å². The number of fused-ring (bicyclic) bond motifs is 1. The maximum atomic E-state index is 14.0. The minimum Gasteiger partial charge on any atom is -0.460 e. The molecule has 0 bridgehead atoms. The van der Waals surface area contributed by atoms with Crippen molar-refractivity contribution in [3.63, 3.8) is 0 Å². The van der Waals surface area contributed by atoms with Gasteiger partial charge in [0.15, 0.2) is 28.9 Å². The molecule has 6 rings (SSSR count). The van der Waals surface area contributed by atoms with Crippen LogP contribution >= 0.6 is 93.1 Å². The normalized spacial score (nSPS) is 15.5. The average Bonchev–Trinajstić information content (AvgIpc) is 3.56. The van der Waals surface area contributed by atoms with Crippen LogP contribution in [0.4, 0.5) is 5.69 Å². The zero-order valence-electron chi connectivity index (χ0n) is 31.8. The summed E-state index contributed by atoms with van der Waals surface area (Å²) in [6.07, 6.45) is 0. The van der Waals surface area contributed by atoms with Gasteiger partial charge in [-0.25, -0.2) is 14.8 Å². The number of carbonyl (C=O) groups is 4. The fourth-order valence-corrected chi connectivity index (χ4v) is 9.05. The minimum atomic E-state index is -2.00. The Bertz CT molecular complexity index is 2400. The van der Waals surface area contributed by atoms with E-state index in [9.17, 15) is 19.2 Å². The Morgan fingerprint density at radius 3 is 1.83 bits per heavy atom. The molecule has 2 heterocycles. The molecule has 0 spiro atoms. The summed E-state index contributed by atoms with van der Waals surface area (Å²) >= 11 is 38.9. The number of nitrogens with one attached hydrogen (secondary N) is 1. The van der Waals surface area contributed by atoms with Gasteiger partial charge in [0.25, 0.3) is 5.91 Å². The van der Waals surface area contributed by atoms with Crippen molar-refractivity contribution in [2.45, 2.75) is 38.9 Å². The number of hydrogen-bond acceptors (Lipinski definition) is 11. The summed E-state index contributed by atoms with van der Waals surface area (Å²) in [6.45, 7) is 5.19. The fraction of sp³-hybridized carbons (Fsp3) is 0.190. The molecule has 0 saturated carbocycles. The molecule has 4 aromatic rings. The number of nitrogens with two attached hydrogens (primary N) is 1. The molecule has 0 radical (unpaired) electrons. The summed E-state index contributed by atoms with van der Waals surface area (Å²) < 4.78 is 1.73. The fourth-order valence-electron chi connectivity index (χ4n) is 6.14. The van der Waals surface area contributed by atoms with E-state index in [1.54, 1.807) is 86.6 Å². The molecular formula is C42H33Cl6N5O5S2. The summed E-state index contributed by atoms with van der Waals surface area (Å²) in [5.41, 5.74) is 7.61. The van der Waals surface area contributed by atoms with Crippen molar-refractivity contribution < 1.29 is 23.9 Å². The predicted molar refractivity (Wildman–Crippen MR) is 245 cm³/mol. The van der Waals surface area contributed by atoms with E-state index >= 15 is 0 Å². The maximum absolute atomic E-state index is 14.0. The van der Waals surface area contributed by atoms with Crippen LogP contribution in [0.25, 0.3) is 0 Å². The third-order valence-corrected chi connectivity index (χ3v) is 12.5. The first-order valence-corrected chi connectivity index (χ1v) is 21.7. The number of carbonyl (C=O) groups excluding carboxylic acids is 4. The number of aliphatic imine (C=N–C) groups is 2. The van der Waals surface area contributed by atoms with Crippen LogP contribution in [0.5, 0.6) is 0 Å². The van der Waals surface area contributed by atoms with Crippen molar-refractivity contribution in [2.24, 2.45) is 15.7 Å². The third-order valence-electron chi connectivity index (χ3n) is 9.06. The quantitative estimate of drug-likeness (QED) is 0.0354. The van der Waals surface area contributed by atoms with Crippen molar-refractivity contribution in [3.8, 4) is 0 Å². The van der Waals surface area contributed by atoms with Crippen LogP contribution < -0.4 is 16.0 Å². The highest BCUT2D eigenvalue weighted by atomic mass is 35.6. The lowest BCUT2D eigenvalue weighted by Crippen LogP contribution is -2.50. The van der Waals surface area contributed by atoms with E-state index < -0.39 is 36.7 Å². The van der Waals surface area contributed by atoms with Crippen LogP contribution in [-0.2, 0) is 15.2 Å². The Hall–Kier alpha value is -3.98. The minimum absolute atomic E-state index is 0.0938. The summed E-state index contributed by atoms with van der Waals surface area (Å²) in [6, 6.07) is 28.9. The number of thioether (sulfide) groups is 2. The molecule has 10 nitrogen and oxygen atoms in total. The molecule has 0 fully saturated rings. The van der Waals surface area contributed by atoms with E-state index in [1.807, 2.05) is 30.0 Å². The Labute approximate surface area is 384 Å². The van der Waals surface area contributed by atoms with Crippen molar-refractivity contribution in [2.75, 3.05) is 18.1 Å². The highest BCUT2D eigenvalue weighted by Gasteiger charge is 2.43. The summed E-state index contributed by atoms with van der Waals surface area (Å²) in [7, 11) is 0. The van der Waals surface area contributed by atoms with Crippen LogP contribution in [0.2, 0.25) is 0 Å². The molecule has 1 amide bonds. The van der Waals surface area contributed by atoms with Crippen molar-refractivity contribution in [3.05, 3.63) is 151 Å². The van der Waals surface area contributed by atoms with Crippen LogP contribution in [0.15, 0.2) is 138 Å². The molecule has 0 aromatic heterocycles. The first-order valence-electron chi connectivity index (χ1n) is 17.8. The number of ether oxygens (including phenoxy) is 1. The van der Waals surface area contributed by atoms with Crippen LogP contribution in [-0.4, -0.2) is 55.9 Å². The van der Waals surface area contributed by atoms with Gasteiger partial charge in [0.05, 0.1) is 23.4 Å². The molecule has 18 heteroatoms. The van der Waals surface area contributed by atoms with E-state index in [1.165, 1.54) is 23.9 Å². The monoisotopic (exact) mass is 961 g/mol. The third kappa shape index (κ3) is 10.4. The van der Waals surface area contributed by atoms with Gasteiger partial charge in [0.1, 0.15) is 16.5 Å². The highest BCUT2D eigenvalue weighted by molar-refractivity contribution is 8.10. The largest absolute Gasteiger partial charge is 0.460 e. The van der Waals surface area contributed by atoms with Crippen LogP contribution in [0, 0.1) is 6.92 Å². The molecule has 60 heavy (non-hydrogen) atoms. The number of aryl methyl sites for hydroxylation is 1. The Balaban J connectivity index is 1.27. The number of hydrogen-bond donors (Lipinski definition) is 2. The number of esters is 1. The lowest BCUT2D eigenvalue weighted by atomic mass is 9.95. The second-order valence-electron chi connectivity index (χ2n) is 13.4. The number of rotatable bonds is 12. The number of alkyl halides is 6. The second-order valence-corrected chi connectivity index (χ2v) is 20.2. The molecule has 2 aliphatic heterocycles. The molecule has 4 aromatic carbocycles. The molecule has 0 atom stereocenters. The van der Waals surface area contributed by atoms with Gasteiger partial charge in [-0.2, -0.15) is 0 Å². The number of benzene rings is 4. The molecule has 2 aliphatic rings. The molecule has 310 valence electrons. The number of primary amides is 1. The van der Waals surface area contributed by atoms with Gasteiger partial charge in [0, 0.05) is 26.5 Å². The van der Waals surface area contributed by atoms with Crippen molar-refractivity contribution in [1.82, 2.24) is 5.32 Å². The average molecular weight is 965 g/mol. The smallest absolute Gasteiger partial charge is 0.338 e. The summed E-state index contributed by atoms with van der Waals surface area (Å²) in [5, 5.41) is 3.11. The topological polar surface area (TPSA) is 144 Å². The van der Waals surface area contributed by atoms with Crippen molar-refractivity contribution >= 4 is 134 Å². The summed E-state index contributed by atoms with van der Waals surface area (Å²) in [5.74, 6) is -2.64. The van der Waals surface area contributed by atoms with Gasteiger partial charge in [0.2, 0.25) is 7.59 Å². The van der Waals surface area contributed by atoms with E-state index in [0.29, 0.717) is 21.7 Å². The van der Waals surface area contributed by atoms with E-state index in [4.69, 9.17) is 80.1 Å². The predicted octanol–water partition coefficient (Wildman–Crippen LogP) is 10.5. The second kappa shape index (κ2) is 18.6. The maximum Gasteiger partial charge on any atom is 0.338 e. The zero-order valence-corrected chi connectivity index (χ0v) is 37.9. The van der Waals surface area contributed by atoms with Gasteiger partial charge in [-0.15, -0.1) is 0 Å². The highest BCUT2D eigenvalue weighted by Crippen LogP contribution is 2.50. The number of amidine groups is 2. The van der Waals surface area contributed by atoms with Crippen LogP contribution in [0.3, 0.4) is 0 Å². The van der Waals surface area contributed by atoms with Gasteiger partial charge in [-0.05, 0) is 50.6 Å². The van der Waals surface area contributed by atoms with Gasteiger partial charge in [-0.3, -0.25) is 14.4 Å². The number of nitrogens with zero attached hydrogens (tertiary/aromatic N) is 3. The molecule has 3 N–H and O–H groups in total. The van der Waals surface area contributed by atoms with E-state index in [-0.39, 0.29) is 45.8 Å². The first-order chi connectivity index (χ1) is 28.3. The molecule has 0 aliphatic carbocycles. The number of allylic oxidation sites excluding steroid dienone is 2. The van der Waals surface area contributed by atoms with Crippen molar-refractivity contribution in [1.29, 1.82) is 0 Å². The Kier molecular flexibility index (Phi) is 14.1. The van der Waals surface area contributed by atoms with Gasteiger partial charge >= 0.3 is 5.97 Å². The lowest BCUT2D eigenvalue weighted by Gasteiger charge is -2.33. The Morgan fingerprint density at radius 1 is 0.800 bits per heavy atom. The molecular weight excluding hydrogens is 931 g/mol. The number of ketones is 2. The van der Waals surface area contributed by atoms with Gasteiger partial charge < -0.3 is 20.7 Å². The first kappa shape index (κ1) is 45.5. The standard InChI is InChI=1S/C42H33Cl6N5O5S2/c1-23-14-19-29-30(22-23)60-36(34(35(49)56)59-24(2)31(32(54)25-10-6-4-7-11-25)33(55)26-12-8-5-9-13-26)53(29)20-21-58-37(57)27-15-17-28(18-16-27)40(3)51-38(41(43,44)45)50-39(52-40)42(46,47)48/h4-19,22H,20-21H2,1-3H3,(H2,49,56)(H,50,51,52)/b36-34-. The van der Waals surface area contributed by atoms with Gasteiger partial charge in [-0.1, -0.05) is 172 Å². The number of amides is 1. The number of halogens is 6. The molecule has 0 unspecified atom stereocenters. The van der Waals surface area contributed by atoms with E-state index in [2.05, 4.69) is 15.3 Å². The Morgan fingerprint density at radius 2 is 1.33 bits per heavy atom. The lowest BCUT2D eigenvalue weighted by molar-refractivity contribution is -0.113. The van der Waals surface area contributed by atoms with E-state index in [0.717, 1.165) is 27.9 Å². The number of anilines is 1. The SMILES string of the molecule is CC(S/C(C(N)=O)=C1\Sc2cc(C)ccc2N1CCOC(=O)c1ccc(C2(C)N=C(C(Cl)(Cl)Cl)NC(C(Cl)(Cl)Cl)=N2)cc1)=C(C(=O)c1ccccc1)C(=O)c1ccccc1. The summed E-state index contributed by atoms with van der Waals surface area (Å²) in [4.78, 5) is 66.6. The number of Topliss-reactive ketones (excluding diaryl/α,β-unsaturated/α-hetero) is 2.